The van der Waals surface area contributed by atoms with Gasteiger partial charge >= 0.3 is 0 Å². The first kappa shape index (κ1) is 14.9. The van der Waals surface area contributed by atoms with Gasteiger partial charge < -0.3 is 5.32 Å². The highest BCUT2D eigenvalue weighted by molar-refractivity contribution is 8.00. The van der Waals surface area contributed by atoms with Crippen LogP contribution >= 0.6 is 11.8 Å². The molecule has 1 aromatic rings. The van der Waals surface area contributed by atoms with Gasteiger partial charge in [0.05, 0.1) is 17.9 Å². The monoisotopic (exact) mass is 282 g/mol. The number of aryl methyl sites for hydroxylation is 1. The molecule has 1 aromatic heterocycles. The highest BCUT2D eigenvalue weighted by Gasteiger charge is 2.40. The lowest BCUT2D eigenvalue weighted by molar-refractivity contribution is 0.383. The Kier molecular flexibility index (Phi) is 5.28. The molecule has 2 rings (SSSR count). The third-order valence-corrected chi connectivity index (χ3v) is 5.43. The summed E-state index contributed by atoms with van der Waals surface area (Å²) in [6, 6.07) is 0.363. The number of nitrogens with zero attached hydrogens (tertiary/aromatic N) is 3. The summed E-state index contributed by atoms with van der Waals surface area (Å²) in [5.74, 6) is 1.27. The van der Waals surface area contributed by atoms with Crippen LogP contribution in [0.5, 0.6) is 0 Å². The molecule has 0 spiro atoms. The molecule has 0 bridgehead atoms. The predicted octanol–water partition coefficient (Wildman–Crippen LogP) is 3.01. The van der Waals surface area contributed by atoms with Gasteiger partial charge in [-0.1, -0.05) is 19.1 Å². The summed E-state index contributed by atoms with van der Waals surface area (Å²) in [6.07, 6.45) is 6.80. The zero-order valence-electron chi connectivity index (χ0n) is 12.4. The standard InChI is InChI=1S/C14H26N4S/c1-4-8-15-13(14(3)7-6-10-19-14)12-11-16-17-18(12)9-5-2/h11,13,15H,4-10H2,1-3H3. The number of rotatable bonds is 7. The van der Waals surface area contributed by atoms with Gasteiger partial charge in [-0.2, -0.15) is 11.8 Å². The lowest BCUT2D eigenvalue weighted by Crippen LogP contribution is -2.39. The van der Waals surface area contributed by atoms with Crippen LogP contribution < -0.4 is 5.32 Å². The van der Waals surface area contributed by atoms with Crippen molar-refractivity contribution in [1.82, 2.24) is 20.3 Å². The quantitative estimate of drug-likeness (QED) is 0.835. The Labute approximate surface area is 120 Å². The minimum Gasteiger partial charge on any atom is -0.307 e. The van der Waals surface area contributed by atoms with Crippen LogP contribution in [0.3, 0.4) is 0 Å². The molecule has 2 atom stereocenters. The van der Waals surface area contributed by atoms with E-state index in [9.17, 15) is 0 Å². The molecule has 0 saturated carbocycles. The van der Waals surface area contributed by atoms with Crippen LogP contribution in [0.2, 0.25) is 0 Å². The lowest BCUT2D eigenvalue weighted by atomic mass is 9.93. The Morgan fingerprint density at radius 1 is 1.47 bits per heavy atom. The summed E-state index contributed by atoms with van der Waals surface area (Å²) in [7, 11) is 0. The maximum atomic E-state index is 4.25. The average molecular weight is 282 g/mol. The summed E-state index contributed by atoms with van der Waals surface area (Å²) in [5, 5.41) is 12.1. The Morgan fingerprint density at radius 2 is 2.32 bits per heavy atom. The molecule has 0 radical (unpaired) electrons. The second-order valence-corrected chi connectivity index (χ2v) is 7.16. The fraction of sp³-hybridized carbons (Fsp3) is 0.857. The van der Waals surface area contributed by atoms with Gasteiger partial charge in [0.2, 0.25) is 0 Å². The molecule has 0 aromatic carbocycles. The zero-order valence-corrected chi connectivity index (χ0v) is 13.2. The van der Waals surface area contributed by atoms with E-state index in [4.69, 9.17) is 0 Å². The fourth-order valence-electron chi connectivity index (χ4n) is 2.83. The van der Waals surface area contributed by atoms with Gasteiger partial charge in [-0.25, -0.2) is 4.68 Å². The summed E-state index contributed by atoms with van der Waals surface area (Å²) in [4.78, 5) is 0. The minimum atomic E-state index is 0.280. The highest BCUT2D eigenvalue weighted by Crippen LogP contribution is 2.46. The third kappa shape index (κ3) is 3.31. The first-order valence-electron chi connectivity index (χ1n) is 7.47. The second-order valence-electron chi connectivity index (χ2n) is 5.53. The molecule has 2 heterocycles. The highest BCUT2D eigenvalue weighted by atomic mass is 32.2. The Morgan fingerprint density at radius 3 is 2.95 bits per heavy atom. The summed E-state index contributed by atoms with van der Waals surface area (Å²) in [6.45, 7) is 8.81. The van der Waals surface area contributed by atoms with Gasteiger partial charge in [0.15, 0.2) is 0 Å². The molecule has 1 aliphatic heterocycles. The van der Waals surface area contributed by atoms with E-state index in [0.717, 1.165) is 25.9 Å². The largest absolute Gasteiger partial charge is 0.307 e. The molecular weight excluding hydrogens is 256 g/mol. The lowest BCUT2D eigenvalue weighted by Gasteiger charge is -2.34. The van der Waals surface area contributed by atoms with Crippen LogP contribution in [0.1, 0.15) is 58.2 Å². The van der Waals surface area contributed by atoms with E-state index in [1.54, 1.807) is 0 Å². The van der Waals surface area contributed by atoms with Crippen molar-refractivity contribution in [2.75, 3.05) is 12.3 Å². The van der Waals surface area contributed by atoms with Crippen molar-refractivity contribution in [3.63, 3.8) is 0 Å². The van der Waals surface area contributed by atoms with Gasteiger partial charge in [0, 0.05) is 11.3 Å². The van der Waals surface area contributed by atoms with Crippen LogP contribution in [-0.2, 0) is 6.54 Å². The maximum absolute atomic E-state index is 4.25. The van der Waals surface area contributed by atoms with E-state index < -0.39 is 0 Å². The van der Waals surface area contributed by atoms with E-state index in [1.165, 1.54) is 24.3 Å². The molecule has 0 amide bonds. The Hall–Kier alpha value is -0.550. The van der Waals surface area contributed by atoms with Crippen molar-refractivity contribution in [3.05, 3.63) is 11.9 Å². The van der Waals surface area contributed by atoms with Crippen molar-refractivity contribution in [1.29, 1.82) is 0 Å². The van der Waals surface area contributed by atoms with E-state index in [2.05, 4.69) is 52.8 Å². The summed E-state index contributed by atoms with van der Waals surface area (Å²) in [5.41, 5.74) is 1.26. The van der Waals surface area contributed by atoms with E-state index in [0.29, 0.717) is 6.04 Å². The SMILES string of the molecule is CCCNC(c1cnnn1CCC)C1(C)CCCS1. The van der Waals surface area contributed by atoms with Gasteiger partial charge in [0.25, 0.3) is 0 Å². The average Bonchev–Trinajstić information content (AvgIpc) is 3.01. The minimum absolute atomic E-state index is 0.280. The fourth-order valence-corrected chi connectivity index (χ4v) is 4.24. The van der Waals surface area contributed by atoms with Crippen LogP contribution in [0, 0.1) is 0 Å². The van der Waals surface area contributed by atoms with Crippen LogP contribution in [0.25, 0.3) is 0 Å². The molecule has 108 valence electrons. The van der Waals surface area contributed by atoms with Crippen LogP contribution in [0.15, 0.2) is 6.20 Å². The summed E-state index contributed by atoms with van der Waals surface area (Å²) >= 11 is 2.10. The zero-order chi connectivity index (χ0) is 13.7. The number of aromatic nitrogens is 3. The maximum Gasteiger partial charge on any atom is 0.0770 e. The van der Waals surface area contributed by atoms with Crippen molar-refractivity contribution in [3.8, 4) is 0 Å². The Bertz CT molecular complexity index is 385. The number of hydrogen-bond acceptors (Lipinski definition) is 4. The van der Waals surface area contributed by atoms with Gasteiger partial charge in [-0.15, -0.1) is 5.10 Å². The molecule has 2 unspecified atom stereocenters. The van der Waals surface area contributed by atoms with Crippen molar-refractivity contribution in [2.45, 2.75) is 63.8 Å². The van der Waals surface area contributed by atoms with Crippen molar-refractivity contribution in [2.24, 2.45) is 0 Å². The first-order valence-corrected chi connectivity index (χ1v) is 8.45. The molecule has 1 saturated heterocycles. The first-order chi connectivity index (χ1) is 9.21. The van der Waals surface area contributed by atoms with Crippen molar-refractivity contribution >= 4 is 11.8 Å². The van der Waals surface area contributed by atoms with Gasteiger partial charge in [0.1, 0.15) is 0 Å². The van der Waals surface area contributed by atoms with E-state index in [1.807, 2.05) is 6.20 Å². The van der Waals surface area contributed by atoms with Gasteiger partial charge in [-0.3, -0.25) is 0 Å². The topological polar surface area (TPSA) is 42.7 Å². The number of hydrogen-bond donors (Lipinski definition) is 1. The Balaban J connectivity index is 2.23. The van der Waals surface area contributed by atoms with Gasteiger partial charge in [-0.05, 0) is 44.9 Å². The number of nitrogens with one attached hydrogen (secondary N) is 1. The second kappa shape index (κ2) is 6.75. The summed E-state index contributed by atoms with van der Waals surface area (Å²) < 4.78 is 2.36. The molecule has 1 fully saturated rings. The molecular formula is C14H26N4S. The van der Waals surface area contributed by atoms with Crippen LogP contribution in [-0.4, -0.2) is 32.0 Å². The normalized spacial score (nSPS) is 24.8. The van der Waals surface area contributed by atoms with Crippen molar-refractivity contribution < 1.29 is 0 Å². The van der Waals surface area contributed by atoms with Crippen LogP contribution in [0.4, 0.5) is 0 Å². The molecule has 5 heteroatoms. The van der Waals surface area contributed by atoms with E-state index in [-0.39, 0.29) is 4.75 Å². The number of thioether (sulfide) groups is 1. The molecule has 1 aliphatic rings. The molecule has 0 aliphatic carbocycles. The third-order valence-electron chi connectivity index (χ3n) is 3.84. The predicted molar refractivity (Wildman–Crippen MR) is 81.4 cm³/mol. The molecule has 4 nitrogen and oxygen atoms in total. The molecule has 1 N–H and O–H groups in total. The van der Waals surface area contributed by atoms with E-state index >= 15 is 0 Å². The smallest absolute Gasteiger partial charge is 0.0770 e. The molecule has 19 heavy (non-hydrogen) atoms.